The average molecular weight is 333 g/mol. The smallest absolute Gasteiger partial charge is 0.241 e. The van der Waals surface area contributed by atoms with Gasteiger partial charge in [0.1, 0.15) is 6.04 Å². The first kappa shape index (κ1) is 19.2. The average Bonchev–Trinajstić information content (AvgIpc) is 2.53. The van der Waals surface area contributed by atoms with Crippen LogP contribution >= 0.6 is 12.4 Å². The van der Waals surface area contributed by atoms with Crippen molar-refractivity contribution in [3.8, 4) is 0 Å². The van der Waals surface area contributed by atoms with Gasteiger partial charge in [-0.2, -0.15) is 0 Å². The van der Waals surface area contributed by atoms with Crippen LogP contribution in [0.4, 0.5) is 0 Å². The Labute approximate surface area is 144 Å². The van der Waals surface area contributed by atoms with Crippen molar-refractivity contribution in [3.05, 3.63) is 71.3 Å². The van der Waals surface area contributed by atoms with Crippen molar-refractivity contribution in [1.82, 2.24) is 5.32 Å². The summed E-state index contributed by atoms with van der Waals surface area (Å²) in [5, 5.41) is 2.97. The van der Waals surface area contributed by atoms with Crippen LogP contribution in [0, 0.1) is 6.92 Å². The van der Waals surface area contributed by atoms with Crippen LogP contribution in [0.2, 0.25) is 0 Å². The third-order valence-electron chi connectivity index (χ3n) is 3.98. The molecule has 0 bridgehead atoms. The third kappa shape index (κ3) is 5.08. The molecule has 0 aromatic heterocycles. The second-order valence-electron chi connectivity index (χ2n) is 6.36. The van der Waals surface area contributed by atoms with E-state index in [1.54, 1.807) is 0 Å². The van der Waals surface area contributed by atoms with Crippen LogP contribution < -0.4 is 11.1 Å². The fourth-order valence-electron chi connectivity index (χ4n) is 2.34. The van der Waals surface area contributed by atoms with Crippen molar-refractivity contribution < 1.29 is 4.79 Å². The van der Waals surface area contributed by atoms with E-state index in [1.165, 1.54) is 11.1 Å². The molecule has 0 aliphatic carbocycles. The Morgan fingerprint density at radius 3 is 2.22 bits per heavy atom. The van der Waals surface area contributed by atoms with Crippen molar-refractivity contribution in [2.24, 2.45) is 5.73 Å². The summed E-state index contributed by atoms with van der Waals surface area (Å²) in [6, 6.07) is 17.2. The molecule has 2 rings (SSSR count). The number of nitrogens with two attached hydrogens (primary N) is 1. The second-order valence-corrected chi connectivity index (χ2v) is 6.36. The molecule has 1 unspecified atom stereocenters. The van der Waals surface area contributed by atoms with Crippen molar-refractivity contribution in [2.45, 2.75) is 32.2 Å². The molecule has 0 radical (unpaired) electrons. The molecular formula is C19H25ClN2O. The van der Waals surface area contributed by atoms with E-state index in [4.69, 9.17) is 5.73 Å². The number of hydrogen-bond acceptors (Lipinski definition) is 2. The molecule has 23 heavy (non-hydrogen) atoms. The third-order valence-corrected chi connectivity index (χ3v) is 3.98. The number of carbonyl (C=O) groups is 1. The van der Waals surface area contributed by atoms with Crippen LogP contribution in [0.25, 0.3) is 0 Å². The van der Waals surface area contributed by atoms with Crippen LogP contribution in [0.3, 0.4) is 0 Å². The fourth-order valence-corrected chi connectivity index (χ4v) is 2.34. The van der Waals surface area contributed by atoms with Gasteiger partial charge in [0, 0.05) is 12.0 Å². The molecule has 1 amide bonds. The molecule has 0 saturated carbocycles. The van der Waals surface area contributed by atoms with Gasteiger partial charge in [-0.15, -0.1) is 12.4 Å². The van der Waals surface area contributed by atoms with Gasteiger partial charge in [-0.1, -0.05) is 74.0 Å². The number of amides is 1. The van der Waals surface area contributed by atoms with Crippen molar-refractivity contribution in [2.75, 3.05) is 6.54 Å². The van der Waals surface area contributed by atoms with Gasteiger partial charge in [0.2, 0.25) is 5.91 Å². The number of carbonyl (C=O) groups excluding carboxylic acids is 1. The first-order valence-corrected chi connectivity index (χ1v) is 7.55. The monoisotopic (exact) mass is 332 g/mol. The summed E-state index contributed by atoms with van der Waals surface area (Å²) in [7, 11) is 0. The van der Waals surface area contributed by atoms with E-state index in [-0.39, 0.29) is 23.7 Å². The fraction of sp³-hybridized carbons (Fsp3) is 0.316. The Bertz CT molecular complexity index is 624. The molecule has 3 nitrogen and oxygen atoms in total. The molecule has 0 spiro atoms. The van der Waals surface area contributed by atoms with Gasteiger partial charge in [-0.25, -0.2) is 0 Å². The van der Waals surface area contributed by atoms with Crippen molar-refractivity contribution in [1.29, 1.82) is 0 Å². The lowest BCUT2D eigenvalue weighted by Crippen LogP contribution is -2.41. The van der Waals surface area contributed by atoms with E-state index in [9.17, 15) is 4.79 Å². The molecule has 2 aromatic carbocycles. The van der Waals surface area contributed by atoms with Gasteiger partial charge in [-0.3, -0.25) is 4.79 Å². The number of halogens is 1. The van der Waals surface area contributed by atoms with Gasteiger partial charge in [0.15, 0.2) is 0 Å². The first-order valence-electron chi connectivity index (χ1n) is 7.55. The van der Waals surface area contributed by atoms with Crippen LogP contribution in [-0.2, 0) is 10.2 Å². The molecule has 0 heterocycles. The maximum absolute atomic E-state index is 12.2. The Kier molecular flexibility index (Phi) is 6.79. The van der Waals surface area contributed by atoms with Gasteiger partial charge in [0.25, 0.3) is 0 Å². The molecule has 2 aromatic rings. The van der Waals surface area contributed by atoms with Crippen LogP contribution in [0.15, 0.2) is 54.6 Å². The highest BCUT2D eigenvalue weighted by atomic mass is 35.5. The molecule has 3 N–H and O–H groups in total. The standard InChI is InChI=1S/C19H24N2O.ClH/c1-14-9-11-16(12-10-14)19(2,3)13-21-18(22)17(20)15-7-5-4-6-8-15;/h4-12,17H,13,20H2,1-3H3,(H,21,22);1H. The van der Waals surface area contributed by atoms with E-state index in [0.29, 0.717) is 6.54 Å². The molecule has 124 valence electrons. The van der Waals surface area contributed by atoms with E-state index in [1.807, 2.05) is 30.3 Å². The first-order chi connectivity index (χ1) is 10.4. The summed E-state index contributed by atoms with van der Waals surface area (Å²) < 4.78 is 0. The highest BCUT2D eigenvalue weighted by Gasteiger charge is 2.23. The zero-order valence-electron chi connectivity index (χ0n) is 13.9. The van der Waals surface area contributed by atoms with E-state index in [2.05, 4.69) is 50.4 Å². The number of rotatable bonds is 5. The van der Waals surface area contributed by atoms with Crippen LogP contribution in [0.5, 0.6) is 0 Å². The molecule has 0 saturated heterocycles. The summed E-state index contributed by atoms with van der Waals surface area (Å²) in [6.45, 7) is 6.85. The molecule has 1 atom stereocenters. The van der Waals surface area contributed by atoms with E-state index >= 15 is 0 Å². The maximum atomic E-state index is 12.2. The summed E-state index contributed by atoms with van der Waals surface area (Å²) >= 11 is 0. The Hall–Kier alpha value is -1.84. The molecule has 0 fully saturated rings. The lowest BCUT2D eigenvalue weighted by atomic mass is 9.84. The van der Waals surface area contributed by atoms with Crippen molar-refractivity contribution >= 4 is 18.3 Å². The summed E-state index contributed by atoms with van der Waals surface area (Å²) in [5.41, 5.74) is 9.13. The summed E-state index contributed by atoms with van der Waals surface area (Å²) in [5.74, 6) is -0.147. The zero-order valence-corrected chi connectivity index (χ0v) is 14.7. The lowest BCUT2D eigenvalue weighted by Gasteiger charge is -2.26. The Balaban J connectivity index is 0.00000264. The largest absolute Gasteiger partial charge is 0.354 e. The number of benzene rings is 2. The normalized spacial score (nSPS) is 12.2. The van der Waals surface area contributed by atoms with Gasteiger partial charge >= 0.3 is 0 Å². The molecule has 0 aliphatic heterocycles. The number of aryl methyl sites for hydroxylation is 1. The number of nitrogens with one attached hydrogen (secondary N) is 1. The van der Waals surface area contributed by atoms with E-state index in [0.717, 1.165) is 5.56 Å². The highest BCUT2D eigenvalue weighted by Crippen LogP contribution is 2.23. The molecular weight excluding hydrogens is 308 g/mol. The topological polar surface area (TPSA) is 55.1 Å². The van der Waals surface area contributed by atoms with Crippen LogP contribution in [0.1, 0.15) is 36.6 Å². The number of hydrogen-bond donors (Lipinski definition) is 2. The molecule has 4 heteroatoms. The Morgan fingerprint density at radius 1 is 1.09 bits per heavy atom. The maximum Gasteiger partial charge on any atom is 0.241 e. The summed E-state index contributed by atoms with van der Waals surface area (Å²) in [4.78, 5) is 12.2. The minimum atomic E-state index is -0.630. The SMILES string of the molecule is Cc1ccc(C(C)(C)CNC(=O)C(N)c2ccccc2)cc1.Cl. The predicted octanol–water partition coefficient (Wildman–Crippen LogP) is 3.51. The quantitative estimate of drug-likeness (QED) is 0.880. The second kappa shape index (κ2) is 8.14. The minimum absolute atomic E-state index is 0. The summed E-state index contributed by atoms with van der Waals surface area (Å²) in [6.07, 6.45) is 0. The zero-order chi connectivity index (χ0) is 16.2. The van der Waals surface area contributed by atoms with Gasteiger partial charge in [-0.05, 0) is 18.1 Å². The van der Waals surface area contributed by atoms with Crippen molar-refractivity contribution in [3.63, 3.8) is 0 Å². The van der Waals surface area contributed by atoms with Gasteiger partial charge < -0.3 is 11.1 Å². The van der Waals surface area contributed by atoms with Gasteiger partial charge in [0.05, 0.1) is 0 Å². The Morgan fingerprint density at radius 2 is 1.65 bits per heavy atom. The van der Waals surface area contributed by atoms with Crippen LogP contribution in [-0.4, -0.2) is 12.5 Å². The highest BCUT2D eigenvalue weighted by molar-refractivity contribution is 5.85. The van der Waals surface area contributed by atoms with E-state index < -0.39 is 6.04 Å². The molecule has 0 aliphatic rings. The lowest BCUT2D eigenvalue weighted by molar-refractivity contribution is -0.122. The minimum Gasteiger partial charge on any atom is -0.354 e. The predicted molar refractivity (Wildman–Crippen MR) is 97.8 cm³/mol.